The van der Waals surface area contributed by atoms with Gasteiger partial charge in [0, 0.05) is 20.4 Å². The molecule has 0 aliphatic heterocycles. The van der Waals surface area contributed by atoms with E-state index in [2.05, 4.69) is 34.6 Å². The molecule has 0 aromatic rings. The zero-order valence-electron chi connectivity index (χ0n) is 3.07. The summed E-state index contributed by atoms with van der Waals surface area (Å²) in [7, 11) is 4.49. The second-order valence-corrected chi connectivity index (χ2v) is 0.394. The zero-order valence-corrected chi connectivity index (χ0v) is 6.94. The third-order valence-electron chi connectivity index (χ3n) is 0. The summed E-state index contributed by atoms with van der Waals surface area (Å²) in [6.07, 6.45) is 0. The fourth-order valence-corrected chi connectivity index (χ4v) is 0. The van der Waals surface area contributed by atoms with Gasteiger partial charge in [0.1, 0.15) is 0 Å². The van der Waals surface area contributed by atoms with E-state index in [9.17, 15) is 0 Å². The summed E-state index contributed by atoms with van der Waals surface area (Å²) < 4.78 is 0. The minimum absolute atomic E-state index is 0. The first kappa shape index (κ1) is 15.7. The zero-order chi connectivity index (χ0) is 5.58. The van der Waals surface area contributed by atoms with Crippen LogP contribution in [0.3, 0.4) is 0 Å². The molecule has 0 radical (unpaired) electrons. The maximum atomic E-state index is 8.89. The number of aliphatic carboxylic acids is 1. The first-order valence-electron chi connectivity index (χ1n) is 0.901. The summed E-state index contributed by atoms with van der Waals surface area (Å²) in [6, 6.07) is 0. The van der Waals surface area contributed by atoms with Crippen molar-refractivity contribution in [2.24, 2.45) is 0 Å². The fourth-order valence-electron chi connectivity index (χ4n) is 0. The van der Waals surface area contributed by atoms with Crippen LogP contribution in [-0.4, -0.2) is 11.1 Å². The molecule has 0 saturated carbocycles. The Labute approximate surface area is 70.7 Å². The number of hydrogen-bond acceptors (Lipinski definition) is 1. The predicted octanol–water partition coefficient (Wildman–Crippen LogP) is 0.590. The molecule has 50 valence electrons. The summed E-state index contributed by atoms with van der Waals surface area (Å²) in [6.45, 7) is 2.56. The van der Waals surface area contributed by atoms with Gasteiger partial charge in [-0.25, -0.2) is 0 Å². The first-order valence-corrected chi connectivity index (χ1v) is 2.90. The molecule has 0 fully saturated rings. The maximum Gasteiger partial charge on any atom is 0 e. The van der Waals surface area contributed by atoms with Crippen LogP contribution in [0.4, 0.5) is 0 Å². The first-order chi connectivity index (χ1) is 2.73. The maximum absolute atomic E-state index is 8.89. The van der Waals surface area contributed by atoms with Gasteiger partial charge in [0.25, 0.3) is 0 Å². The van der Waals surface area contributed by atoms with Crippen molar-refractivity contribution in [3.8, 4) is 0 Å². The van der Waals surface area contributed by atoms with Crippen molar-refractivity contribution in [2.45, 2.75) is 0 Å². The minimum atomic E-state index is -1.08. The van der Waals surface area contributed by atoms with Gasteiger partial charge in [0.05, 0.1) is 0 Å². The van der Waals surface area contributed by atoms with Crippen molar-refractivity contribution in [1.82, 2.24) is 0 Å². The van der Waals surface area contributed by atoms with E-state index in [1.807, 2.05) is 0 Å². The summed E-state index contributed by atoms with van der Waals surface area (Å²) in [5.41, 5.74) is 0. The molecule has 0 bridgehead atoms. The average Bonchev–Trinajstić information content (AvgIpc) is 1.41. The molecule has 1 N–H and O–H groups in total. The van der Waals surface area contributed by atoms with E-state index in [1.54, 1.807) is 0 Å². The van der Waals surface area contributed by atoms with Crippen LogP contribution in [0.25, 0.3) is 0 Å². The third-order valence-corrected chi connectivity index (χ3v) is 0. The van der Waals surface area contributed by atoms with Crippen molar-refractivity contribution >= 4 is 15.5 Å². The van der Waals surface area contributed by atoms with Crippen LogP contribution in [0.1, 0.15) is 0 Å². The standard InChI is InChI=1S/C2H3O2.ClH.2Pd/c1-2(3)4;;;/h1H2,(H,3,4);1H;;/q-1;;;+2/p-1. The van der Waals surface area contributed by atoms with E-state index in [1.165, 1.54) is 0 Å². The molecule has 0 saturated heterocycles. The van der Waals surface area contributed by atoms with Gasteiger partial charge >= 0.3 is 27.7 Å². The molecular formula is C2H3ClO2Pd2. The van der Waals surface area contributed by atoms with E-state index >= 15 is 0 Å². The number of halogens is 1. The molecule has 0 unspecified atom stereocenters. The number of hydrogen-bond donors (Lipinski definition) is 1. The molecule has 0 aliphatic rings. The van der Waals surface area contributed by atoms with Gasteiger partial charge in [-0.1, -0.05) is 0 Å². The summed E-state index contributed by atoms with van der Waals surface area (Å²) in [5, 5.41) is 7.31. The van der Waals surface area contributed by atoms with E-state index in [0.29, 0.717) is 0 Å². The minimum Gasteiger partial charge on any atom is 0 e. The van der Waals surface area contributed by atoms with Gasteiger partial charge in [0.2, 0.25) is 0 Å². The van der Waals surface area contributed by atoms with E-state index < -0.39 is 5.97 Å². The van der Waals surface area contributed by atoms with Gasteiger partial charge in [-0.2, -0.15) is 0 Å². The largest absolute Gasteiger partial charge is 0 e. The normalized spacial score (nSPS) is 4.43. The molecule has 0 amide bonds. The Morgan fingerprint density at radius 1 is 1.71 bits per heavy atom. The predicted molar refractivity (Wildman–Crippen MR) is 18.8 cm³/mol. The van der Waals surface area contributed by atoms with Crippen LogP contribution in [0.15, 0.2) is 0 Å². The number of carboxylic acid groups (broad SMARTS) is 1. The van der Waals surface area contributed by atoms with Crippen molar-refractivity contribution in [3.63, 3.8) is 0 Å². The molecule has 0 atom stereocenters. The summed E-state index contributed by atoms with van der Waals surface area (Å²) in [4.78, 5) is 8.89. The Balaban J connectivity index is -0.0000000480. The molecule has 7 heavy (non-hydrogen) atoms. The van der Waals surface area contributed by atoms with Gasteiger partial charge in [-0.15, -0.1) is 0 Å². The Kier molecular flexibility index (Phi) is 35.3. The second kappa shape index (κ2) is 15.8. The monoisotopic (exact) mass is 306 g/mol. The van der Waals surface area contributed by atoms with E-state index in [0.717, 1.165) is 0 Å². The van der Waals surface area contributed by atoms with E-state index in [-0.39, 0.29) is 20.4 Å². The van der Waals surface area contributed by atoms with Crippen LogP contribution >= 0.6 is 9.53 Å². The van der Waals surface area contributed by atoms with Gasteiger partial charge in [-0.05, 0) is 0 Å². The van der Waals surface area contributed by atoms with Crippen molar-refractivity contribution in [1.29, 1.82) is 0 Å². The molecule has 2 nitrogen and oxygen atoms in total. The molecule has 0 heterocycles. The van der Waals surface area contributed by atoms with Crippen LogP contribution in [0.5, 0.6) is 0 Å². The summed E-state index contributed by atoms with van der Waals surface area (Å²) in [5.74, 6) is -1.08. The summed E-state index contributed by atoms with van der Waals surface area (Å²) >= 11 is 2.22. The van der Waals surface area contributed by atoms with Crippen molar-refractivity contribution < 1.29 is 48.5 Å². The number of carbonyl (C=O) groups is 1. The topological polar surface area (TPSA) is 37.3 Å². The smallest absolute Gasteiger partial charge is 0 e. The molecule has 0 aromatic heterocycles. The van der Waals surface area contributed by atoms with Gasteiger partial charge in [-0.3, -0.25) is 11.7 Å². The second-order valence-electron chi connectivity index (χ2n) is 0.394. The van der Waals surface area contributed by atoms with Crippen molar-refractivity contribution in [2.75, 3.05) is 0 Å². The van der Waals surface area contributed by atoms with Crippen molar-refractivity contribution in [3.05, 3.63) is 6.92 Å². The van der Waals surface area contributed by atoms with E-state index in [4.69, 9.17) is 9.90 Å². The Bertz CT molecular complexity index is 36.7. The fraction of sp³-hybridized carbons (Fsp3) is 0. The van der Waals surface area contributed by atoms with Gasteiger partial charge < -0.3 is 5.11 Å². The van der Waals surface area contributed by atoms with Crippen LogP contribution in [-0.2, 0) is 43.4 Å². The average molecular weight is 307 g/mol. The van der Waals surface area contributed by atoms with Crippen LogP contribution < -0.4 is 0 Å². The molecule has 0 spiro atoms. The van der Waals surface area contributed by atoms with Gasteiger partial charge in [0.15, 0.2) is 5.97 Å². The molecule has 0 aromatic carbocycles. The Hall–Kier alpha value is 0.955. The molecule has 0 aliphatic carbocycles. The SMILES string of the molecule is [CH2-]C(=O)O.[Cl][Pd+].[Pd]. The molecule has 0 rings (SSSR count). The quantitative estimate of drug-likeness (QED) is 0.525. The number of carboxylic acids is 1. The Morgan fingerprint density at radius 3 is 1.71 bits per heavy atom. The van der Waals surface area contributed by atoms with Crippen LogP contribution in [0, 0.1) is 6.92 Å². The molecular weight excluding hydrogens is 304 g/mol. The third kappa shape index (κ3) is 187. The Morgan fingerprint density at radius 2 is 1.71 bits per heavy atom. The number of rotatable bonds is 0. The molecule has 5 heteroatoms. The van der Waals surface area contributed by atoms with Crippen LogP contribution in [0.2, 0.25) is 0 Å².